The largest absolute Gasteiger partial charge is 0.436 e. The highest BCUT2D eigenvalue weighted by Gasteiger charge is 2.43. The summed E-state index contributed by atoms with van der Waals surface area (Å²) in [5, 5.41) is 13.7. The van der Waals surface area contributed by atoms with Crippen LogP contribution in [0.5, 0.6) is 0 Å². The van der Waals surface area contributed by atoms with Gasteiger partial charge >= 0.3 is 0 Å². The molecular formula is C45H53N7O9. The van der Waals surface area contributed by atoms with E-state index >= 15 is 0 Å². The molecule has 5 aromatic rings. The molecule has 0 bridgehead atoms. The van der Waals surface area contributed by atoms with Crippen LogP contribution in [0, 0.1) is 13.8 Å². The summed E-state index contributed by atoms with van der Waals surface area (Å²) >= 11 is 0. The number of likely N-dealkylation sites (tertiary alicyclic amines) is 2. The average Bonchev–Trinajstić information content (AvgIpc) is 4.03. The van der Waals surface area contributed by atoms with Gasteiger partial charge in [-0.1, -0.05) is 10.3 Å². The minimum absolute atomic E-state index is 0.00899. The van der Waals surface area contributed by atoms with Gasteiger partial charge in [-0.15, -0.1) is 0 Å². The summed E-state index contributed by atoms with van der Waals surface area (Å²) in [6, 6.07) is 16.2. The maximum atomic E-state index is 13.7. The number of carbonyl (C=O) groups excluding carboxylic acids is 4. The van der Waals surface area contributed by atoms with E-state index in [0.29, 0.717) is 64.3 Å². The average molecular weight is 836 g/mol. The summed E-state index contributed by atoms with van der Waals surface area (Å²) in [5.41, 5.74) is 2.98. The van der Waals surface area contributed by atoms with E-state index in [1.54, 1.807) is 78.4 Å². The predicted octanol–water partition coefficient (Wildman–Crippen LogP) is 6.53. The van der Waals surface area contributed by atoms with Gasteiger partial charge in [0.25, 0.3) is 0 Å². The van der Waals surface area contributed by atoms with E-state index in [2.05, 4.69) is 25.9 Å². The molecule has 0 spiro atoms. The van der Waals surface area contributed by atoms with Crippen LogP contribution in [-0.4, -0.2) is 97.3 Å². The van der Waals surface area contributed by atoms with E-state index in [9.17, 15) is 19.2 Å². The second-order valence-corrected chi connectivity index (χ2v) is 17.7. The van der Waals surface area contributed by atoms with Gasteiger partial charge in [0.2, 0.25) is 29.5 Å². The molecule has 2 saturated heterocycles. The molecule has 322 valence electrons. The first kappa shape index (κ1) is 43.0. The third-order valence-corrected chi connectivity index (χ3v) is 10.2. The highest BCUT2D eigenvalue weighted by molar-refractivity contribution is 5.99. The van der Waals surface area contributed by atoms with E-state index in [1.165, 1.54) is 0 Å². The van der Waals surface area contributed by atoms with Crippen LogP contribution in [0.2, 0.25) is 0 Å². The summed E-state index contributed by atoms with van der Waals surface area (Å²) in [6.07, 6.45) is 1.69. The van der Waals surface area contributed by atoms with Gasteiger partial charge in [0.05, 0.1) is 53.8 Å². The summed E-state index contributed by atoms with van der Waals surface area (Å²) in [7, 11) is 0. The summed E-state index contributed by atoms with van der Waals surface area (Å²) in [5.74, 6) is 0.638. The zero-order valence-electron chi connectivity index (χ0n) is 35.8. The van der Waals surface area contributed by atoms with Crippen LogP contribution in [-0.2, 0) is 41.5 Å². The predicted molar refractivity (Wildman–Crippen MR) is 224 cm³/mol. The third-order valence-electron chi connectivity index (χ3n) is 10.2. The standard InChI is InChI=1S/C45H53N7O9/c1-26-17-32(60-49-26)21-39(53)51-24-34(58-44(3,4)5)19-36(51)41(55)47-30-13-9-28(10-14-30)38-23-46-43(57-38)29-11-15-31(16-12-29)48-42(56)37-20-35(59-45(6,7)8)25-52(37)40(54)22-33-18-27(2)50-61-33/h9-18,23,34-37H,19-22,24-25H2,1-8H3,(H,47,55)(H,48,56)/t34-,35-,36+,37+/m1/s1. The van der Waals surface area contributed by atoms with Crippen LogP contribution in [0.1, 0.15) is 77.3 Å². The van der Waals surface area contributed by atoms with Gasteiger partial charge < -0.3 is 43.4 Å². The normalized spacial score (nSPS) is 19.3. The zero-order chi connectivity index (χ0) is 43.6. The fourth-order valence-corrected chi connectivity index (χ4v) is 7.72. The lowest BCUT2D eigenvalue weighted by molar-refractivity contribution is -0.136. The van der Waals surface area contributed by atoms with Crippen molar-refractivity contribution in [3.63, 3.8) is 0 Å². The van der Waals surface area contributed by atoms with Crippen molar-refractivity contribution in [1.29, 1.82) is 0 Å². The summed E-state index contributed by atoms with van der Waals surface area (Å²) in [6.45, 7) is 15.8. The fourth-order valence-electron chi connectivity index (χ4n) is 7.72. The quantitative estimate of drug-likeness (QED) is 0.138. The first-order chi connectivity index (χ1) is 28.9. The van der Waals surface area contributed by atoms with Crippen molar-refractivity contribution in [3.8, 4) is 22.8 Å². The zero-order valence-corrected chi connectivity index (χ0v) is 35.8. The Morgan fingerprint density at radius 3 is 1.49 bits per heavy atom. The first-order valence-corrected chi connectivity index (χ1v) is 20.4. The minimum Gasteiger partial charge on any atom is -0.436 e. The van der Waals surface area contributed by atoms with Crippen LogP contribution in [0.3, 0.4) is 0 Å². The van der Waals surface area contributed by atoms with Crippen LogP contribution in [0.15, 0.2) is 80.3 Å². The molecule has 4 amide bonds. The van der Waals surface area contributed by atoms with Crippen LogP contribution in [0.25, 0.3) is 22.8 Å². The Morgan fingerprint density at radius 1 is 0.672 bits per heavy atom. The van der Waals surface area contributed by atoms with E-state index in [1.807, 2.05) is 53.7 Å². The second-order valence-electron chi connectivity index (χ2n) is 17.7. The highest BCUT2D eigenvalue weighted by atomic mass is 16.5. The number of aryl methyl sites for hydroxylation is 2. The Labute approximate surface area is 354 Å². The number of anilines is 2. The number of nitrogens with zero attached hydrogens (tertiary/aromatic N) is 5. The lowest BCUT2D eigenvalue weighted by Crippen LogP contribution is -2.44. The van der Waals surface area contributed by atoms with Gasteiger partial charge in [0.1, 0.15) is 23.6 Å². The second kappa shape index (κ2) is 17.5. The number of amides is 4. The van der Waals surface area contributed by atoms with Crippen molar-refractivity contribution in [2.45, 2.75) is 117 Å². The van der Waals surface area contributed by atoms with Gasteiger partial charge in [0.15, 0.2) is 5.76 Å². The Kier molecular flexibility index (Phi) is 12.3. The number of rotatable bonds is 12. The molecule has 0 aliphatic carbocycles. The topological polar surface area (TPSA) is 195 Å². The van der Waals surface area contributed by atoms with Gasteiger partial charge in [-0.05, 0) is 104 Å². The molecule has 16 heteroatoms. The SMILES string of the molecule is Cc1cc(CC(=O)N2C[C@H](OC(C)(C)C)C[C@H]2C(=O)Nc2ccc(-c3cnc(-c4ccc(NC(=O)[C@@H]5C[C@@H](OC(C)(C)C)CN5C(=O)Cc5cc(C)no5)cc4)o3)cc2)on1. The van der Waals surface area contributed by atoms with E-state index < -0.39 is 23.3 Å². The van der Waals surface area contributed by atoms with E-state index in [0.717, 1.165) is 5.56 Å². The highest BCUT2D eigenvalue weighted by Crippen LogP contribution is 2.31. The molecule has 61 heavy (non-hydrogen) atoms. The molecule has 0 radical (unpaired) electrons. The van der Waals surface area contributed by atoms with Gasteiger partial charge in [0, 0.05) is 60.6 Å². The smallest absolute Gasteiger partial charge is 0.247 e. The lowest BCUT2D eigenvalue weighted by atomic mass is 10.1. The molecule has 2 aromatic carbocycles. The molecular weight excluding hydrogens is 783 g/mol. The number of hydrogen-bond donors (Lipinski definition) is 2. The van der Waals surface area contributed by atoms with Gasteiger partial charge in [-0.25, -0.2) is 4.98 Å². The molecule has 3 aromatic heterocycles. The molecule has 5 heterocycles. The first-order valence-electron chi connectivity index (χ1n) is 20.4. The molecule has 16 nitrogen and oxygen atoms in total. The summed E-state index contributed by atoms with van der Waals surface area (Å²) < 4.78 is 29.0. The van der Waals surface area contributed by atoms with Crippen molar-refractivity contribution in [3.05, 3.63) is 89.8 Å². The number of hydrogen-bond acceptors (Lipinski definition) is 12. The van der Waals surface area contributed by atoms with Crippen molar-refractivity contribution in [2.24, 2.45) is 0 Å². The minimum atomic E-state index is -0.736. The van der Waals surface area contributed by atoms with Gasteiger partial charge in [-0.2, -0.15) is 0 Å². The number of carbonyl (C=O) groups is 4. The van der Waals surface area contributed by atoms with Crippen molar-refractivity contribution in [2.75, 3.05) is 23.7 Å². The Bertz CT molecular complexity index is 2190. The molecule has 7 rings (SSSR count). The molecule has 2 aliphatic rings. The fraction of sp³-hybridized carbons (Fsp3) is 0.444. The molecule has 4 atom stereocenters. The Balaban J connectivity index is 0.968. The number of nitrogens with one attached hydrogen (secondary N) is 2. The lowest BCUT2D eigenvalue weighted by Gasteiger charge is -2.25. The number of ether oxygens (including phenoxy) is 2. The van der Waals surface area contributed by atoms with E-state index in [4.69, 9.17) is 22.9 Å². The van der Waals surface area contributed by atoms with Crippen LogP contribution < -0.4 is 10.6 Å². The molecule has 0 unspecified atom stereocenters. The van der Waals surface area contributed by atoms with Crippen molar-refractivity contribution < 1.29 is 42.1 Å². The third kappa shape index (κ3) is 11.0. The van der Waals surface area contributed by atoms with E-state index in [-0.39, 0.29) is 61.8 Å². The van der Waals surface area contributed by atoms with Crippen LogP contribution in [0.4, 0.5) is 11.4 Å². The Morgan fingerprint density at radius 2 is 1.10 bits per heavy atom. The van der Waals surface area contributed by atoms with Crippen LogP contribution >= 0.6 is 0 Å². The molecule has 0 saturated carbocycles. The monoisotopic (exact) mass is 835 g/mol. The van der Waals surface area contributed by atoms with Crippen molar-refractivity contribution >= 4 is 35.0 Å². The van der Waals surface area contributed by atoms with Gasteiger partial charge in [-0.3, -0.25) is 19.2 Å². The van der Waals surface area contributed by atoms with Crippen molar-refractivity contribution in [1.82, 2.24) is 25.1 Å². The molecule has 2 fully saturated rings. The number of aromatic nitrogens is 3. The number of benzene rings is 2. The molecule has 2 N–H and O–H groups in total. The Hall–Kier alpha value is -6.13. The summed E-state index contributed by atoms with van der Waals surface area (Å²) in [4.78, 5) is 61.7. The molecule has 2 aliphatic heterocycles. The maximum absolute atomic E-state index is 13.7. The number of oxazole rings is 1. The maximum Gasteiger partial charge on any atom is 0.247 e.